The summed E-state index contributed by atoms with van der Waals surface area (Å²) in [6, 6.07) is 16.3. The van der Waals surface area contributed by atoms with E-state index in [4.69, 9.17) is 17.0 Å². The summed E-state index contributed by atoms with van der Waals surface area (Å²) < 4.78 is 48.2. The van der Waals surface area contributed by atoms with Gasteiger partial charge in [0.15, 0.2) is 10.6 Å². The van der Waals surface area contributed by atoms with Gasteiger partial charge in [-0.15, -0.1) is 0 Å². The summed E-state index contributed by atoms with van der Waals surface area (Å²) >= 11 is 5.43. The molecule has 0 atom stereocenters. The fourth-order valence-electron chi connectivity index (χ4n) is 3.08. The molecule has 29 heavy (non-hydrogen) atoms. The van der Waals surface area contributed by atoms with Gasteiger partial charge in [0, 0.05) is 13.6 Å². The van der Waals surface area contributed by atoms with Gasteiger partial charge in [-0.05, 0) is 29.9 Å². The Kier molecular flexibility index (Phi) is 6.39. The second-order valence-electron chi connectivity index (χ2n) is 6.59. The van der Waals surface area contributed by atoms with E-state index in [1.807, 2.05) is 24.3 Å². The van der Waals surface area contributed by atoms with Crippen LogP contribution in [0.5, 0.6) is 5.75 Å². The Bertz CT molecular complexity index is 1010. The molecule has 0 saturated carbocycles. The zero-order valence-corrected chi connectivity index (χ0v) is 16.9. The van der Waals surface area contributed by atoms with Crippen molar-refractivity contribution in [2.75, 3.05) is 13.7 Å². The third-order valence-corrected chi connectivity index (χ3v) is 4.86. The van der Waals surface area contributed by atoms with Crippen molar-refractivity contribution in [1.82, 2.24) is 19.2 Å². The summed E-state index contributed by atoms with van der Waals surface area (Å²) in [5, 5.41) is 4.49. The molecular formula is C20H21F3N4OS. The molecule has 0 spiro atoms. The van der Waals surface area contributed by atoms with Crippen molar-refractivity contribution in [3.8, 4) is 17.1 Å². The normalized spacial score (nSPS) is 11.8. The third-order valence-electron chi connectivity index (χ3n) is 4.37. The average molecular weight is 422 g/mol. The van der Waals surface area contributed by atoms with Crippen LogP contribution in [0.25, 0.3) is 11.4 Å². The standard InChI is InChI=1S/C20H21F3N4OS/c1-25-18(16-10-6-7-11-17(16)28-2)24-27(19(25)29)14-26(13-20(21,22)23)12-15-8-4-3-5-9-15/h3-11H,12-14H2,1-2H3. The molecule has 0 saturated heterocycles. The van der Waals surface area contributed by atoms with E-state index in [9.17, 15) is 13.2 Å². The average Bonchev–Trinajstić information content (AvgIpc) is 2.96. The van der Waals surface area contributed by atoms with Gasteiger partial charge in [-0.1, -0.05) is 42.5 Å². The van der Waals surface area contributed by atoms with E-state index in [2.05, 4.69) is 5.10 Å². The van der Waals surface area contributed by atoms with Crippen LogP contribution in [0, 0.1) is 4.77 Å². The number of halogens is 3. The molecule has 0 fully saturated rings. The van der Waals surface area contributed by atoms with Crippen molar-refractivity contribution in [1.29, 1.82) is 0 Å². The quantitative estimate of drug-likeness (QED) is 0.520. The predicted molar refractivity (Wildman–Crippen MR) is 107 cm³/mol. The lowest BCUT2D eigenvalue weighted by Gasteiger charge is -2.23. The molecule has 3 aromatic rings. The number of hydrogen-bond acceptors (Lipinski definition) is 4. The Morgan fingerprint density at radius 1 is 1.07 bits per heavy atom. The van der Waals surface area contributed by atoms with Crippen molar-refractivity contribution in [3.63, 3.8) is 0 Å². The van der Waals surface area contributed by atoms with E-state index in [0.29, 0.717) is 21.9 Å². The highest BCUT2D eigenvalue weighted by atomic mass is 32.1. The number of ether oxygens (including phenoxy) is 1. The first-order valence-electron chi connectivity index (χ1n) is 8.89. The van der Waals surface area contributed by atoms with Gasteiger partial charge in [0.05, 0.1) is 25.9 Å². The SMILES string of the molecule is COc1ccccc1-c1nn(CN(Cc2ccccc2)CC(F)(F)F)c(=S)n1C. The zero-order chi connectivity index (χ0) is 21.0. The maximum atomic E-state index is 13.1. The molecule has 1 heterocycles. The highest BCUT2D eigenvalue weighted by Crippen LogP contribution is 2.28. The van der Waals surface area contributed by atoms with E-state index >= 15 is 0 Å². The molecule has 0 N–H and O–H groups in total. The number of hydrogen-bond donors (Lipinski definition) is 0. The third kappa shape index (κ3) is 5.24. The zero-order valence-electron chi connectivity index (χ0n) is 16.1. The highest BCUT2D eigenvalue weighted by molar-refractivity contribution is 7.71. The fourth-order valence-corrected chi connectivity index (χ4v) is 3.27. The Balaban J connectivity index is 1.93. The van der Waals surface area contributed by atoms with Crippen molar-refractivity contribution in [3.05, 3.63) is 64.9 Å². The van der Waals surface area contributed by atoms with Crippen molar-refractivity contribution in [2.45, 2.75) is 19.4 Å². The first-order chi connectivity index (χ1) is 13.8. The second kappa shape index (κ2) is 8.79. The lowest BCUT2D eigenvalue weighted by atomic mass is 10.2. The summed E-state index contributed by atoms with van der Waals surface area (Å²) in [5.41, 5.74) is 1.50. The summed E-state index contributed by atoms with van der Waals surface area (Å²) in [6.45, 7) is -1.02. The summed E-state index contributed by atoms with van der Waals surface area (Å²) in [6.07, 6.45) is -4.34. The largest absolute Gasteiger partial charge is 0.496 e. The number of methoxy groups -OCH3 is 1. The second-order valence-corrected chi connectivity index (χ2v) is 6.96. The molecule has 0 unspecified atom stereocenters. The topological polar surface area (TPSA) is 35.2 Å². The van der Waals surface area contributed by atoms with Gasteiger partial charge < -0.3 is 9.30 Å². The van der Waals surface area contributed by atoms with E-state index in [0.717, 1.165) is 5.56 Å². The van der Waals surface area contributed by atoms with Crippen molar-refractivity contribution < 1.29 is 17.9 Å². The Hall–Kier alpha value is -2.65. The molecule has 0 bridgehead atoms. The molecular weight excluding hydrogens is 401 g/mol. The van der Waals surface area contributed by atoms with Crippen molar-refractivity contribution >= 4 is 12.2 Å². The molecule has 1 aromatic heterocycles. The molecule has 0 aliphatic carbocycles. The van der Waals surface area contributed by atoms with Crippen LogP contribution in [-0.2, 0) is 20.3 Å². The molecule has 0 aliphatic heterocycles. The van der Waals surface area contributed by atoms with Crippen LogP contribution in [0.1, 0.15) is 5.56 Å². The number of para-hydroxylation sites is 1. The van der Waals surface area contributed by atoms with Gasteiger partial charge in [-0.2, -0.15) is 18.3 Å². The van der Waals surface area contributed by atoms with Crippen molar-refractivity contribution in [2.24, 2.45) is 7.05 Å². The Morgan fingerprint density at radius 2 is 1.72 bits per heavy atom. The fraction of sp³-hybridized carbons (Fsp3) is 0.300. The van der Waals surface area contributed by atoms with Crippen LogP contribution in [0.3, 0.4) is 0 Å². The number of aromatic nitrogens is 3. The molecule has 0 amide bonds. The number of nitrogens with zero attached hydrogens (tertiary/aromatic N) is 4. The number of alkyl halides is 3. The molecule has 5 nitrogen and oxygen atoms in total. The lowest BCUT2D eigenvalue weighted by Crippen LogP contribution is -2.35. The minimum Gasteiger partial charge on any atom is -0.496 e. The summed E-state index contributed by atoms with van der Waals surface area (Å²) in [4.78, 5) is 1.27. The van der Waals surface area contributed by atoms with Gasteiger partial charge in [0.2, 0.25) is 0 Å². The van der Waals surface area contributed by atoms with Gasteiger partial charge >= 0.3 is 6.18 Å². The minimum absolute atomic E-state index is 0.0871. The van der Waals surface area contributed by atoms with Crippen LogP contribution in [0.4, 0.5) is 13.2 Å². The van der Waals surface area contributed by atoms with Crippen LogP contribution in [0.2, 0.25) is 0 Å². The molecule has 2 aromatic carbocycles. The van der Waals surface area contributed by atoms with Crippen LogP contribution >= 0.6 is 12.2 Å². The minimum atomic E-state index is -4.34. The van der Waals surface area contributed by atoms with Gasteiger partial charge in [0.1, 0.15) is 5.75 Å². The first kappa shape index (κ1) is 21.1. The maximum Gasteiger partial charge on any atom is 0.401 e. The van der Waals surface area contributed by atoms with Crippen LogP contribution in [0.15, 0.2) is 54.6 Å². The molecule has 154 valence electrons. The number of rotatable bonds is 7. The lowest BCUT2D eigenvalue weighted by molar-refractivity contribution is -0.151. The predicted octanol–water partition coefficient (Wildman–Crippen LogP) is 4.65. The molecule has 9 heteroatoms. The van der Waals surface area contributed by atoms with E-state index in [-0.39, 0.29) is 13.2 Å². The van der Waals surface area contributed by atoms with Gasteiger partial charge in [-0.25, -0.2) is 4.68 Å². The van der Waals surface area contributed by atoms with Gasteiger partial charge in [-0.3, -0.25) is 4.90 Å². The molecule has 0 aliphatic rings. The van der Waals surface area contributed by atoms with Gasteiger partial charge in [0.25, 0.3) is 0 Å². The van der Waals surface area contributed by atoms with Crippen LogP contribution < -0.4 is 4.74 Å². The first-order valence-corrected chi connectivity index (χ1v) is 9.29. The molecule has 3 rings (SSSR count). The van der Waals surface area contributed by atoms with E-state index in [1.165, 1.54) is 9.58 Å². The van der Waals surface area contributed by atoms with E-state index in [1.54, 1.807) is 49.1 Å². The molecule has 0 radical (unpaired) electrons. The Labute approximate surface area is 172 Å². The van der Waals surface area contributed by atoms with E-state index < -0.39 is 12.7 Å². The maximum absolute atomic E-state index is 13.1. The smallest absolute Gasteiger partial charge is 0.401 e. The highest BCUT2D eigenvalue weighted by Gasteiger charge is 2.31. The Morgan fingerprint density at radius 3 is 2.38 bits per heavy atom. The summed E-state index contributed by atoms with van der Waals surface area (Å²) in [5.74, 6) is 1.14. The number of benzene rings is 2. The summed E-state index contributed by atoms with van der Waals surface area (Å²) in [7, 11) is 3.29. The van der Waals surface area contributed by atoms with Crippen LogP contribution in [-0.4, -0.2) is 39.1 Å². The monoisotopic (exact) mass is 422 g/mol.